The molecule has 0 bridgehead atoms. The van der Waals surface area contributed by atoms with Crippen LogP contribution in [0.15, 0.2) is 0 Å². The molecule has 0 heterocycles. The molecular weight excluding hydrogens is 142 g/mol. The molecule has 0 spiro atoms. The van der Waals surface area contributed by atoms with Crippen LogP contribution in [0.4, 0.5) is 4.79 Å². The van der Waals surface area contributed by atoms with Gasteiger partial charge in [-0.1, -0.05) is 0 Å². The summed E-state index contributed by atoms with van der Waals surface area (Å²) in [5.41, 5.74) is -0.480. The molecule has 0 aromatic carbocycles. The number of hydrogen-bond acceptors (Lipinski definition) is 2. The van der Waals surface area contributed by atoms with Crippen LogP contribution in [0.1, 0.15) is 20.8 Å². The van der Waals surface area contributed by atoms with E-state index in [1.54, 1.807) is 20.8 Å². The normalized spacial score (nSPS) is 10.3. The molecule has 1 N–H and O–H groups in total. The third-order valence-corrected chi connectivity index (χ3v) is 0.720. The van der Waals surface area contributed by atoms with Crippen LogP contribution < -0.4 is 5.32 Å². The molecule has 0 saturated carbocycles. The van der Waals surface area contributed by atoms with Gasteiger partial charge in [0.1, 0.15) is 0 Å². The predicted octanol–water partition coefficient (Wildman–Crippen LogP) is 1.10. The molecular formula is C8H12NO2+. The van der Waals surface area contributed by atoms with Gasteiger partial charge in [0.2, 0.25) is 0 Å². The summed E-state index contributed by atoms with van der Waals surface area (Å²) in [5, 5.41) is 2.33. The maximum absolute atomic E-state index is 10.8. The zero-order valence-corrected chi connectivity index (χ0v) is 7.02. The topological polar surface area (TPSA) is 38.3 Å². The van der Waals surface area contributed by atoms with E-state index in [0.29, 0.717) is 0 Å². The summed E-state index contributed by atoms with van der Waals surface area (Å²) in [6, 6.07) is 0. The minimum absolute atomic E-state index is 0.0922. The van der Waals surface area contributed by atoms with E-state index >= 15 is 0 Å². The maximum atomic E-state index is 10.8. The van der Waals surface area contributed by atoms with Crippen LogP contribution in [0.25, 0.3) is 0 Å². The van der Waals surface area contributed by atoms with Gasteiger partial charge in [-0.3, -0.25) is 0 Å². The Morgan fingerprint density at radius 3 is 2.55 bits per heavy atom. The zero-order chi connectivity index (χ0) is 8.91. The van der Waals surface area contributed by atoms with Crippen LogP contribution in [0.3, 0.4) is 0 Å². The van der Waals surface area contributed by atoms with Crippen molar-refractivity contribution in [2.45, 2.75) is 26.4 Å². The second-order valence-electron chi connectivity index (χ2n) is 3.03. The Morgan fingerprint density at radius 2 is 2.18 bits per heavy atom. The van der Waals surface area contributed by atoms with E-state index in [1.165, 1.54) is 0 Å². The number of alkyl carbamates (subject to hydrolysis) is 1. The van der Waals surface area contributed by atoms with Crippen molar-refractivity contribution in [3.8, 4) is 5.92 Å². The Kier molecular flexibility index (Phi) is 3.69. The molecule has 0 aliphatic heterocycles. The monoisotopic (exact) mass is 154 g/mol. The van der Waals surface area contributed by atoms with Crippen molar-refractivity contribution in [2.75, 3.05) is 6.54 Å². The number of ether oxygens (including phenoxy) is 1. The second kappa shape index (κ2) is 4.04. The van der Waals surface area contributed by atoms with Crippen LogP contribution in [0.5, 0.6) is 0 Å². The number of hydrogen-bond donors (Lipinski definition) is 1. The molecule has 3 nitrogen and oxygen atoms in total. The average molecular weight is 154 g/mol. The Balaban J connectivity index is 3.64. The Labute approximate surface area is 67.1 Å². The van der Waals surface area contributed by atoms with E-state index in [0.717, 1.165) is 0 Å². The Hall–Kier alpha value is -0.950. The van der Waals surface area contributed by atoms with Crippen LogP contribution in [-0.2, 0) is 4.74 Å². The third-order valence-electron chi connectivity index (χ3n) is 0.720. The molecule has 60 valence electrons. The minimum atomic E-state index is -0.516. The summed E-state index contributed by atoms with van der Waals surface area (Å²) in [5.74, 6) is 2.02. The standard InChI is InChI=1S/C8H11NO2/c1-5-6-9-7(10)11-8(2,3)4/h6H2,2-4H3/p+1. The van der Waals surface area contributed by atoms with Gasteiger partial charge in [-0.15, -0.1) is 0 Å². The van der Waals surface area contributed by atoms with Gasteiger partial charge >= 0.3 is 66.2 Å². The Morgan fingerprint density at radius 1 is 1.64 bits per heavy atom. The quantitative estimate of drug-likeness (QED) is 0.453. The molecule has 0 unspecified atom stereocenters. The molecule has 1 amide bonds. The fourth-order valence-corrected chi connectivity index (χ4v) is 0.431. The van der Waals surface area contributed by atoms with Gasteiger partial charge in [-0.2, -0.15) is 0 Å². The first-order chi connectivity index (χ1) is 4.95. The average Bonchev–Trinajstić information content (AvgIpc) is 1.79. The molecule has 3 heteroatoms. The van der Waals surface area contributed by atoms with Gasteiger partial charge in [-0.25, -0.2) is 0 Å². The molecule has 0 saturated heterocycles. The molecule has 0 aromatic heterocycles. The van der Waals surface area contributed by atoms with Crippen LogP contribution in [0.2, 0.25) is 0 Å². The van der Waals surface area contributed by atoms with E-state index in [2.05, 4.69) is 5.32 Å². The van der Waals surface area contributed by atoms with Gasteiger partial charge in [0.15, 0.2) is 0 Å². The zero-order valence-electron chi connectivity index (χ0n) is 7.02. The first kappa shape index (κ1) is 10.0. The summed E-state index contributed by atoms with van der Waals surface area (Å²) in [4.78, 5) is 10.8. The van der Waals surface area contributed by atoms with Crippen molar-refractivity contribution < 1.29 is 9.53 Å². The summed E-state index contributed by atoms with van der Waals surface area (Å²) in [6.45, 7) is 5.43. The van der Waals surface area contributed by atoms with E-state index in [-0.39, 0.29) is 6.54 Å². The van der Waals surface area contributed by atoms with Gasteiger partial charge < -0.3 is 0 Å². The molecule has 0 aromatic rings. The molecule has 0 aliphatic carbocycles. The third kappa shape index (κ3) is 6.94. The number of carbonyl (C=O) groups excluding carboxylic acids is 1. The SMILES string of the molecule is [C+]#CCNC(=O)OC(C)(C)C. The van der Waals surface area contributed by atoms with E-state index in [1.807, 2.05) is 5.92 Å². The van der Waals surface area contributed by atoms with E-state index in [4.69, 9.17) is 11.2 Å². The van der Waals surface area contributed by atoms with Crippen molar-refractivity contribution in [1.82, 2.24) is 5.32 Å². The van der Waals surface area contributed by atoms with Gasteiger partial charge in [0.25, 0.3) is 0 Å². The molecule has 0 radical (unpaired) electrons. The van der Waals surface area contributed by atoms with Crippen LogP contribution >= 0.6 is 0 Å². The Bertz CT molecular complexity index is 174. The number of carbonyl (C=O) groups is 1. The van der Waals surface area contributed by atoms with Crippen molar-refractivity contribution in [2.24, 2.45) is 0 Å². The fraction of sp³-hybridized carbons (Fsp3) is 0.625. The predicted molar refractivity (Wildman–Crippen MR) is 41.4 cm³/mol. The number of rotatable bonds is 1. The van der Waals surface area contributed by atoms with Crippen molar-refractivity contribution in [3.63, 3.8) is 0 Å². The van der Waals surface area contributed by atoms with Crippen molar-refractivity contribution >= 4 is 6.09 Å². The van der Waals surface area contributed by atoms with Crippen molar-refractivity contribution in [3.05, 3.63) is 6.42 Å². The summed E-state index contributed by atoms with van der Waals surface area (Å²) >= 11 is 0. The first-order valence-electron chi connectivity index (χ1n) is 3.32. The van der Waals surface area contributed by atoms with Crippen molar-refractivity contribution in [1.29, 1.82) is 0 Å². The summed E-state index contributed by atoms with van der Waals surface area (Å²) < 4.78 is 4.87. The molecule has 0 fully saturated rings. The van der Waals surface area contributed by atoms with Gasteiger partial charge in [0, 0.05) is 0 Å². The van der Waals surface area contributed by atoms with Crippen LogP contribution in [-0.4, -0.2) is 18.2 Å². The van der Waals surface area contributed by atoms with Gasteiger partial charge in [0.05, 0.1) is 0 Å². The first-order valence-corrected chi connectivity index (χ1v) is 3.32. The summed E-state index contributed by atoms with van der Waals surface area (Å²) in [7, 11) is 0. The van der Waals surface area contributed by atoms with Crippen LogP contribution in [0, 0.1) is 12.3 Å². The van der Waals surface area contributed by atoms with E-state index in [9.17, 15) is 4.79 Å². The fourth-order valence-electron chi connectivity index (χ4n) is 0.431. The number of amides is 1. The summed E-state index contributed by atoms with van der Waals surface area (Å²) in [6.07, 6.45) is 5.99. The second-order valence-corrected chi connectivity index (χ2v) is 3.03. The molecule has 0 atom stereocenters. The van der Waals surface area contributed by atoms with E-state index < -0.39 is 11.7 Å². The van der Waals surface area contributed by atoms with Gasteiger partial charge in [-0.05, 0) is 0 Å². The number of nitrogens with one attached hydrogen (secondary N) is 1. The molecule has 0 aliphatic rings. The molecule has 0 rings (SSSR count). The molecule has 11 heavy (non-hydrogen) atoms.